The van der Waals surface area contributed by atoms with E-state index in [2.05, 4.69) is 5.32 Å². The summed E-state index contributed by atoms with van der Waals surface area (Å²) in [5.74, 6) is -0.0897. The van der Waals surface area contributed by atoms with E-state index in [1.807, 2.05) is 19.1 Å². The summed E-state index contributed by atoms with van der Waals surface area (Å²) >= 11 is 0. The van der Waals surface area contributed by atoms with Gasteiger partial charge in [-0.1, -0.05) is 12.1 Å². The average Bonchev–Trinajstić information content (AvgIpc) is 2.29. The number of carbonyl (C=O) groups excluding carboxylic acids is 1. The molecule has 0 aromatic heterocycles. The van der Waals surface area contributed by atoms with Gasteiger partial charge in [-0.3, -0.25) is 4.79 Å². The highest BCUT2D eigenvalue weighted by atomic mass is 16.5. The van der Waals surface area contributed by atoms with E-state index < -0.39 is 0 Å². The van der Waals surface area contributed by atoms with Crippen molar-refractivity contribution in [3.8, 4) is 0 Å². The average molecular weight is 222 g/mol. The highest BCUT2D eigenvalue weighted by Crippen LogP contribution is 2.04. The molecule has 0 fully saturated rings. The molecule has 1 atom stereocenters. The van der Waals surface area contributed by atoms with E-state index in [-0.39, 0.29) is 11.9 Å². The molecule has 0 saturated heterocycles. The summed E-state index contributed by atoms with van der Waals surface area (Å²) in [6.07, 6.45) is 0. The Morgan fingerprint density at radius 1 is 1.44 bits per heavy atom. The van der Waals surface area contributed by atoms with Gasteiger partial charge < -0.3 is 15.8 Å². The topological polar surface area (TPSA) is 64.3 Å². The first kappa shape index (κ1) is 12.7. The van der Waals surface area contributed by atoms with Crippen molar-refractivity contribution in [2.24, 2.45) is 5.73 Å². The van der Waals surface area contributed by atoms with E-state index in [0.717, 1.165) is 5.56 Å². The summed E-state index contributed by atoms with van der Waals surface area (Å²) in [5, 5.41) is 2.84. The minimum absolute atomic E-state index is 0.00619. The quantitative estimate of drug-likeness (QED) is 0.778. The predicted molar refractivity (Wildman–Crippen MR) is 63.1 cm³/mol. The third kappa shape index (κ3) is 3.64. The molecule has 1 aromatic carbocycles. The zero-order valence-corrected chi connectivity index (χ0v) is 9.69. The lowest BCUT2D eigenvalue weighted by molar-refractivity contribution is 0.0905. The molecular formula is C12H18N2O2. The first-order valence-electron chi connectivity index (χ1n) is 5.26. The number of hydrogen-bond donors (Lipinski definition) is 2. The zero-order chi connectivity index (χ0) is 12.0. The van der Waals surface area contributed by atoms with Gasteiger partial charge >= 0.3 is 0 Å². The monoisotopic (exact) mass is 222 g/mol. The molecule has 1 amide bonds. The van der Waals surface area contributed by atoms with E-state index >= 15 is 0 Å². The van der Waals surface area contributed by atoms with E-state index in [0.29, 0.717) is 18.7 Å². The van der Waals surface area contributed by atoms with Crippen molar-refractivity contribution < 1.29 is 9.53 Å². The molecule has 0 heterocycles. The number of amides is 1. The molecule has 88 valence electrons. The van der Waals surface area contributed by atoms with Gasteiger partial charge in [-0.25, -0.2) is 0 Å². The lowest BCUT2D eigenvalue weighted by atomic mass is 10.1. The Kier molecular flexibility index (Phi) is 4.95. The second-order valence-electron chi connectivity index (χ2n) is 3.73. The number of nitrogens with two attached hydrogens (primary N) is 1. The molecule has 0 spiro atoms. The van der Waals surface area contributed by atoms with Crippen molar-refractivity contribution in [3.63, 3.8) is 0 Å². The molecule has 1 unspecified atom stereocenters. The SMILES string of the molecule is COCC(C)NC(=O)c1ccc(CN)cc1. The van der Waals surface area contributed by atoms with Gasteiger partial charge in [0.25, 0.3) is 5.91 Å². The van der Waals surface area contributed by atoms with Crippen LogP contribution in [0.4, 0.5) is 0 Å². The van der Waals surface area contributed by atoms with Gasteiger partial charge in [0, 0.05) is 25.3 Å². The second-order valence-corrected chi connectivity index (χ2v) is 3.73. The fourth-order valence-electron chi connectivity index (χ4n) is 1.39. The first-order chi connectivity index (χ1) is 7.67. The van der Waals surface area contributed by atoms with Crippen LogP contribution in [0.5, 0.6) is 0 Å². The number of ether oxygens (including phenoxy) is 1. The third-order valence-corrected chi connectivity index (χ3v) is 2.25. The van der Waals surface area contributed by atoms with E-state index in [9.17, 15) is 4.79 Å². The van der Waals surface area contributed by atoms with Crippen LogP contribution in [0.3, 0.4) is 0 Å². The lowest BCUT2D eigenvalue weighted by Gasteiger charge is -2.12. The van der Waals surface area contributed by atoms with Crippen LogP contribution >= 0.6 is 0 Å². The van der Waals surface area contributed by atoms with Gasteiger partial charge in [-0.05, 0) is 24.6 Å². The Hall–Kier alpha value is -1.39. The molecule has 1 rings (SSSR count). The van der Waals surface area contributed by atoms with Crippen LogP contribution in [0.25, 0.3) is 0 Å². The van der Waals surface area contributed by atoms with Gasteiger partial charge in [-0.15, -0.1) is 0 Å². The molecule has 0 aliphatic rings. The Bertz CT molecular complexity index is 335. The van der Waals surface area contributed by atoms with Crippen LogP contribution in [0.1, 0.15) is 22.8 Å². The summed E-state index contributed by atoms with van der Waals surface area (Å²) in [4.78, 5) is 11.7. The Morgan fingerprint density at radius 2 is 2.06 bits per heavy atom. The van der Waals surface area contributed by atoms with Crippen LogP contribution < -0.4 is 11.1 Å². The number of carbonyl (C=O) groups is 1. The molecule has 16 heavy (non-hydrogen) atoms. The number of nitrogens with one attached hydrogen (secondary N) is 1. The van der Waals surface area contributed by atoms with E-state index in [1.54, 1.807) is 19.2 Å². The highest BCUT2D eigenvalue weighted by molar-refractivity contribution is 5.94. The molecule has 0 saturated carbocycles. The van der Waals surface area contributed by atoms with Crippen molar-refractivity contribution in [2.75, 3.05) is 13.7 Å². The van der Waals surface area contributed by atoms with Gasteiger partial charge in [-0.2, -0.15) is 0 Å². The lowest BCUT2D eigenvalue weighted by Crippen LogP contribution is -2.35. The fraction of sp³-hybridized carbons (Fsp3) is 0.417. The van der Waals surface area contributed by atoms with Gasteiger partial charge in [0.15, 0.2) is 0 Å². The normalized spacial score (nSPS) is 12.2. The maximum Gasteiger partial charge on any atom is 0.251 e. The van der Waals surface area contributed by atoms with Crippen molar-refractivity contribution in [2.45, 2.75) is 19.5 Å². The molecule has 4 heteroatoms. The first-order valence-corrected chi connectivity index (χ1v) is 5.26. The fourth-order valence-corrected chi connectivity index (χ4v) is 1.39. The standard InChI is InChI=1S/C12H18N2O2/c1-9(8-16-2)14-12(15)11-5-3-10(7-13)4-6-11/h3-6,9H,7-8,13H2,1-2H3,(H,14,15). The third-order valence-electron chi connectivity index (χ3n) is 2.25. The summed E-state index contributed by atoms with van der Waals surface area (Å²) in [7, 11) is 1.61. The molecule has 3 N–H and O–H groups in total. The summed E-state index contributed by atoms with van der Waals surface area (Å²) < 4.78 is 4.95. The molecule has 1 aromatic rings. The minimum atomic E-state index is -0.0897. The number of benzene rings is 1. The predicted octanol–water partition coefficient (Wildman–Crippen LogP) is 0.910. The van der Waals surface area contributed by atoms with Gasteiger partial charge in [0.05, 0.1) is 6.61 Å². The summed E-state index contributed by atoms with van der Waals surface area (Å²) in [5.41, 5.74) is 7.13. The molecule has 0 bridgehead atoms. The second kappa shape index (κ2) is 6.25. The van der Waals surface area contributed by atoms with Crippen molar-refractivity contribution in [3.05, 3.63) is 35.4 Å². The van der Waals surface area contributed by atoms with Gasteiger partial charge in [0.1, 0.15) is 0 Å². The number of rotatable bonds is 5. The van der Waals surface area contributed by atoms with Crippen LogP contribution in [0, 0.1) is 0 Å². The summed E-state index contributed by atoms with van der Waals surface area (Å²) in [6, 6.07) is 7.27. The van der Waals surface area contributed by atoms with Crippen LogP contribution in [0.2, 0.25) is 0 Å². The smallest absolute Gasteiger partial charge is 0.251 e. The zero-order valence-electron chi connectivity index (χ0n) is 9.69. The maximum atomic E-state index is 11.7. The molecule has 0 aliphatic heterocycles. The van der Waals surface area contributed by atoms with Crippen molar-refractivity contribution >= 4 is 5.91 Å². The van der Waals surface area contributed by atoms with Gasteiger partial charge in [0.2, 0.25) is 0 Å². The maximum absolute atomic E-state index is 11.7. The molecule has 4 nitrogen and oxygen atoms in total. The van der Waals surface area contributed by atoms with Crippen LogP contribution in [-0.2, 0) is 11.3 Å². The minimum Gasteiger partial charge on any atom is -0.383 e. The van der Waals surface area contributed by atoms with E-state index in [4.69, 9.17) is 10.5 Å². The largest absolute Gasteiger partial charge is 0.383 e. The van der Waals surface area contributed by atoms with Crippen molar-refractivity contribution in [1.29, 1.82) is 0 Å². The van der Waals surface area contributed by atoms with Crippen molar-refractivity contribution in [1.82, 2.24) is 5.32 Å². The summed E-state index contributed by atoms with van der Waals surface area (Å²) in [6.45, 7) is 2.89. The molecule has 0 aliphatic carbocycles. The Labute approximate surface area is 95.8 Å². The Morgan fingerprint density at radius 3 is 2.56 bits per heavy atom. The van der Waals surface area contributed by atoms with Crippen LogP contribution in [-0.4, -0.2) is 25.7 Å². The number of methoxy groups -OCH3 is 1. The Balaban J connectivity index is 2.59. The molecular weight excluding hydrogens is 204 g/mol. The van der Waals surface area contributed by atoms with Crippen LogP contribution in [0.15, 0.2) is 24.3 Å². The highest BCUT2D eigenvalue weighted by Gasteiger charge is 2.08. The van der Waals surface area contributed by atoms with E-state index in [1.165, 1.54) is 0 Å². The number of hydrogen-bond acceptors (Lipinski definition) is 3. The molecule has 0 radical (unpaired) electrons.